The molecule has 0 atom stereocenters. The summed E-state index contributed by atoms with van der Waals surface area (Å²) < 4.78 is 5.29. The van der Waals surface area contributed by atoms with Crippen LogP contribution in [0.15, 0.2) is 30.3 Å². The highest BCUT2D eigenvalue weighted by Gasteiger charge is 2.30. The number of benzene rings is 1. The highest BCUT2D eigenvalue weighted by atomic mass is 16.5. The van der Waals surface area contributed by atoms with Gasteiger partial charge in [0.25, 0.3) is 0 Å². The number of aliphatic hydroxyl groups excluding tert-OH is 2. The molecule has 3 nitrogen and oxygen atoms in total. The van der Waals surface area contributed by atoms with Crippen LogP contribution >= 0.6 is 0 Å². The third kappa shape index (κ3) is 3.04. The van der Waals surface area contributed by atoms with Crippen LogP contribution in [0.3, 0.4) is 0 Å². The highest BCUT2D eigenvalue weighted by molar-refractivity contribution is 5.25. The zero-order chi connectivity index (χ0) is 11.9. The van der Waals surface area contributed by atoms with E-state index in [4.69, 9.17) is 4.74 Å². The molecule has 0 spiro atoms. The van der Waals surface area contributed by atoms with E-state index in [0.29, 0.717) is 19.6 Å². The highest BCUT2D eigenvalue weighted by Crippen LogP contribution is 2.27. The Labute approximate surface area is 96.7 Å². The molecule has 3 heteroatoms. The topological polar surface area (TPSA) is 49.7 Å². The van der Waals surface area contributed by atoms with E-state index in [0.717, 1.165) is 5.56 Å². The summed E-state index contributed by atoms with van der Waals surface area (Å²) in [4.78, 5) is 0. The third-order valence-corrected chi connectivity index (χ3v) is 2.92. The van der Waals surface area contributed by atoms with Gasteiger partial charge in [0.05, 0.1) is 13.2 Å². The molecule has 0 heterocycles. The van der Waals surface area contributed by atoms with Gasteiger partial charge >= 0.3 is 0 Å². The summed E-state index contributed by atoms with van der Waals surface area (Å²) in [6.07, 6.45) is 0.623. The molecule has 0 radical (unpaired) electrons. The van der Waals surface area contributed by atoms with Crippen molar-refractivity contribution < 1.29 is 14.9 Å². The molecule has 90 valence electrons. The van der Waals surface area contributed by atoms with Gasteiger partial charge in [-0.1, -0.05) is 30.3 Å². The number of aliphatic hydroxyl groups is 2. The fourth-order valence-electron chi connectivity index (χ4n) is 1.74. The summed E-state index contributed by atoms with van der Waals surface area (Å²) >= 11 is 0. The molecule has 1 aromatic rings. The lowest BCUT2D eigenvalue weighted by Gasteiger charge is -2.30. The monoisotopic (exact) mass is 224 g/mol. The molecule has 0 saturated carbocycles. The molecule has 1 aromatic carbocycles. The normalized spacial score (nSPS) is 11.7. The van der Waals surface area contributed by atoms with Gasteiger partial charge in [-0.15, -0.1) is 0 Å². The van der Waals surface area contributed by atoms with Crippen molar-refractivity contribution in [3.63, 3.8) is 0 Å². The van der Waals surface area contributed by atoms with Crippen molar-refractivity contribution in [3.8, 4) is 0 Å². The number of hydrogen-bond donors (Lipinski definition) is 2. The first kappa shape index (κ1) is 13.2. The van der Waals surface area contributed by atoms with E-state index in [-0.39, 0.29) is 13.2 Å². The van der Waals surface area contributed by atoms with Crippen LogP contribution in [0.25, 0.3) is 0 Å². The summed E-state index contributed by atoms with van der Waals surface area (Å²) in [5.74, 6) is 0. The summed E-state index contributed by atoms with van der Waals surface area (Å²) in [5.41, 5.74) is 0.371. The minimum absolute atomic E-state index is 0.0689. The molecular formula is C13H20O3. The Morgan fingerprint density at radius 1 is 1.12 bits per heavy atom. The van der Waals surface area contributed by atoms with E-state index in [2.05, 4.69) is 0 Å². The Kier molecular flexibility index (Phi) is 5.46. The van der Waals surface area contributed by atoms with Crippen LogP contribution in [0.1, 0.15) is 18.9 Å². The van der Waals surface area contributed by atoms with E-state index in [1.165, 1.54) is 0 Å². The molecule has 1 rings (SSSR count). The Balaban J connectivity index is 2.79. The summed E-state index contributed by atoms with van der Waals surface area (Å²) in [7, 11) is 0. The zero-order valence-corrected chi connectivity index (χ0v) is 9.72. The van der Waals surface area contributed by atoms with Crippen LogP contribution in [0.4, 0.5) is 0 Å². The van der Waals surface area contributed by atoms with E-state index in [1.54, 1.807) is 0 Å². The quantitative estimate of drug-likeness (QED) is 0.687. The summed E-state index contributed by atoms with van der Waals surface area (Å²) in [6.45, 7) is 3.00. The molecule has 0 fully saturated rings. The lowest BCUT2D eigenvalue weighted by molar-refractivity contribution is 0.0667. The molecule has 2 N–H and O–H groups in total. The first-order chi connectivity index (χ1) is 7.79. The van der Waals surface area contributed by atoms with Gasteiger partial charge in [-0.3, -0.25) is 0 Å². The van der Waals surface area contributed by atoms with Crippen molar-refractivity contribution in [1.29, 1.82) is 0 Å². The minimum atomic E-state index is -0.587. The largest absolute Gasteiger partial charge is 0.395 e. The maximum Gasteiger partial charge on any atom is 0.0550 e. The minimum Gasteiger partial charge on any atom is -0.395 e. The van der Waals surface area contributed by atoms with Crippen LogP contribution in [0.2, 0.25) is 0 Å². The molecule has 0 aliphatic heterocycles. The fraction of sp³-hybridized carbons (Fsp3) is 0.538. The fourth-order valence-corrected chi connectivity index (χ4v) is 1.74. The van der Waals surface area contributed by atoms with Gasteiger partial charge in [-0.2, -0.15) is 0 Å². The molecule has 0 aromatic heterocycles. The van der Waals surface area contributed by atoms with Crippen LogP contribution in [0, 0.1) is 0 Å². The van der Waals surface area contributed by atoms with Crippen molar-refractivity contribution in [2.45, 2.75) is 18.8 Å². The first-order valence-electron chi connectivity index (χ1n) is 5.64. The predicted octanol–water partition coefficient (Wildman–Crippen LogP) is 1.34. The number of rotatable bonds is 7. The number of ether oxygens (including phenoxy) is 1. The average molecular weight is 224 g/mol. The molecule has 0 aliphatic rings. The van der Waals surface area contributed by atoms with Gasteiger partial charge in [-0.05, 0) is 18.9 Å². The third-order valence-electron chi connectivity index (χ3n) is 2.92. The first-order valence-corrected chi connectivity index (χ1v) is 5.64. The van der Waals surface area contributed by atoms with E-state index in [1.807, 2.05) is 37.3 Å². The lowest BCUT2D eigenvalue weighted by atomic mass is 9.79. The van der Waals surface area contributed by atoms with Gasteiger partial charge in [0.1, 0.15) is 0 Å². The van der Waals surface area contributed by atoms with Crippen LogP contribution < -0.4 is 0 Å². The van der Waals surface area contributed by atoms with Gasteiger partial charge < -0.3 is 14.9 Å². The Morgan fingerprint density at radius 3 is 2.25 bits per heavy atom. The molecule has 0 amide bonds. The Hall–Kier alpha value is -0.900. The van der Waals surface area contributed by atoms with Crippen molar-refractivity contribution in [1.82, 2.24) is 0 Å². The van der Waals surface area contributed by atoms with Crippen molar-refractivity contribution in [3.05, 3.63) is 35.9 Å². The standard InChI is InChI=1S/C13H20O3/c1-2-16-9-8-13(10-14,11-15)12-6-4-3-5-7-12/h3-7,14-15H,2,8-11H2,1H3. The van der Waals surface area contributed by atoms with Gasteiger partial charge in [0, 0.05) is 18.6 Å². The van der Waals surface area contributed by atoms with Gasteiger partial charge in [0.15, 0.2) is 0 Å². The van der Waals surface area contributed by atoms with Crippen LogP contribution in [0.5, 0.6) is 0 Å². The van der Waals surface area contributed by atoms with E-state index >= 15 is 0 Å². The van der Waals surface area contributed by atoms with Crippen molar-refractivity contribution in [2.24, 2.45) is 0 Å². The molecule has 16 heavy (non-hydrogen) atoms. The molecular weight excluding hydrogens is 204 g/mol. The molecule has 0 unspecified atom stereocenters. The Bertz CT molecular complexity index is 280. The van der Waals surface area contributed by atoms with E-state index < -0.39 is 5.41 Å². The second-order valence-corrected chi connectivity index (χ2v) is 3.91. The second-order valence-electron chi connectivity index (χ2n) is 3.91. The lowest BCUT2D eigenvalue weighted by Crippen LogP contribution is -2.36. The summed E-state index contributed by atoms with van der Waals surface area (Å²) in [6, 6.07) is 9.61. The molecule has 0 bridgehead atoms. The van der Waals surface area contributed by atoms with Crippen LogP contribution in [-0.2, 0) is 10.2 Å². The average Bonchev–Trinajstić information content (AvgIpc) is 2.36. The summed E-state index contributed by atoms with van der Waals surface area (Å²) in [5, 5.41) is 19.0. The SMILES string of the molecule is CCOCCC(CO)(CO)c1ccccc1. The van der Waals surface area contributed by atoms with E-state index in [9.17, 15) is 10.2 Å². The van der Waals surface area contributed by atoms with Gasteiger partial charge in [-0.25, -0.2) is 0 Å². The zero-order valence-electron chi connectivity index (χ0n) is 9.72. The maximum atomic E-state index is 9.51. The predicted molar refractivity (Wildman–Crippen MR) is 63.4 cm³/mol. The molecule has 0 aliphatic carbocycles. The number of hydrogen-bond acceptors (Lipinski definition) is 3. The maximum absolute atomic E-state index is 9.51. The van der Waals surface area contributed by atoms with Crippen molar-refractivity contribution in [2.75, 3.05) is 26.4 Å². The van der Waals surface area contributed by atoms with Crippen molar-refractivity contribution >= 4 is 0 Å². The Morgan fingerprint density at radius 2 is 1.75 bits per heavy atom. The second kappa shape index (κ2) is 6.63. The smallest absolute Gasteiger partial charge is 0.0550 e. The van der Waals surface area contributed by atoms with Gasteiger partial charge in [0.2, 0.25) is 0 Å². The van der Waals surface area contributed by atoms with Crippen LogP contribution in [-0.4, -0.2) is 36.6 Å². The molecule has 0 saturated heterocycles.